The number of hydrogen-bond donors (Lipinski definition) is 3. The molecule has 3 rings (SSSR count). The van der Waals surface area contributed by atoms with Crippen molar-refractivity contribution in [2.24, 2.45) is 22.7 Å². The van der Waals surface area contributed by atoms with Gasteiger partial charge >= 0.3 is 23.9 Å². The lowest BCUT2D eigenvalue weighted by molar-refractivity contribution is -0.273. The van der Waals surface area contributed by atoms with E-state index in [9.17, 15) is 34.5 Å². The van der Waals surface area contributed by atoms with Gasteiger partial charge in [0.15, 0.2) is 0 Å². The van der Waals surface area contributed by atoms with E-state index in [2.05, 4.69) is 6.58 Å². The van der Waals surface area contributed by atoms with Crippen LogP contribution < -0.4 is 0 Å². The first-order valence-corrected chi connectivity index (χ1v) is 13.0. The van der Waals surface area contributed by atoms with Crippen LogP contribution in [0, 0.1) is 22.7 Å². The first kappa shape index (κ1) is 30.8. The molecule has 0 radical (unpaired) electrons. The van der Waals surface area contributed by atoms with Crippen LogP contribution in [0.25, 0.3) is 0 Å². The smallest absolute Gasteiger partial charge is 0.307 e. The summed E-state index contributed by atoms with van der Waals surface area (Å²) in [6, 6.07) is 0. The van der Waals surface area contributed by atoms with E-state index in [1.807, 2.05) is 0 Å². The molecule has 0 aromatic heterocycles. The summed E-state index contributed by atoms with van der Waals surface area (Å²) in [7, 11) is 0. The molecule has 9 unspecified atom stereocenters. The van der Waals surface area contributed by atoms with Crippen molar-refractivity contribution in [3.05, 3.63) is 23.5 Å². The molecule has 3 N–H and O–H groups in total. The highest BCUT2D eigenvalue weighted by molar-refractivity contribution is 5.69. The predicted molar refractivity (Wildman–Crippen MR) is 135 cm³/mol. The number of aliphatic hydroxyl groups excluding tert-OH is 2. The molecule has 0 spiro atoms. The van der Waals surface area contributed by atoms with Gasteiger partial charge < -0.3 is 34.3 Å². The highest BCUT2D eigenvalue weighted by Crippen LogP contribution is 2.63. The van der Waals surface area contributed by atoms with E-state index in [0.717, 1.165) is 6.92 Å². The molecular formula is C28H40O11. The number of ether oxygens (including phenoxy) is 4. The van der Waals surface area contributed by atoms with Crippen LogP contribution in [0.3, 0.4) is 0 Å². The monoisotopic (exact) mass is 552 g/mol. The zero-order valence-electron chi connectivity index (χ0n) is 23.8. The van der Waals surface area contributed by atoms with E-state index in [4.69, 9.17) is 18.9 Å². The third-order valence-electron chi connectivity index (χ3n) is 9.16. The van der Waals surface area contributed by atoms with Crippen LogP contribution in [0.15, 0.2) is 23.5 Å². The van der Waals surface area contributed by atoms with Crippen LogP contribution in [-0.4, -0.2) is 75.3 Å². The van der Waals surface area contributed by atoms with Gasteiger partial charge in [-0.3, -0.25) is 19.2 Å². The predicted octanol–water partition coefficient (Wildman–Crippen LogP) is 1.71. The Balaban J connectivity index is 2.48. The molecule has 0 heterocycles. The second-order valence-electron chi connectivity index (χ2n) is 11.8. The lowest BCUT2D eigenvalue weighted by Gasteiger charge is -2.64. The highest BCUT2D eigenvalue weighted by Gasteiger charge is 2.72. The molecule has 2 saturated carbocycles. The van der Waals surface area contributed by atoms with Gasteiger partial charge in [0.05, 0.1) is 11.5 Å². The summed E-state index contributed by atoms with van der Waals surface area (Å²) >= 11 is 0. The molecule has 0 amide bonds. The first-order chi connectivity index (χ1) is 17.8. The molecule has 3 aliphatic carbocycles. The Bertz CT molecular complexity index is 1110. The minimum Gasteiger partial charge on any atom is -0.462 e. The van der Waals surface area contributed by atoms with Gasteiger partial charge in [-0.05, 0) is 18.1 Å². The fourth-order valence-electron chi connectivity index (χ4n) is 7.23. The Labute approximate surface area is 228 Å². The molecular weight excluding hydrogens is 512 g/mol. The topological polar surface area (TPSA) is 166 Å². The first-order valence-electron chi connectivity index (χ1n) is 13.0. The van der Waals surface area contributed by atoms with Crippen LogP contribution >= 0.6 is 0 Å². The third kappa shape index (κ3) is 4.78. The normalized spacial score (nSPS) is 39.5. The second kappa shape index (κ2) is 10.3. The van der Waals surface area contributed by atoms with Crippen LogP contribution in [0.4, 0.5) is 0 Å². The zero-order valence-corrected chi connectivity index (χ0v) is 23.8. The number of esters is 4. The molecule has 0 aliphatic heterocycles. The minimum absolute atomic E-state index is 0.0256. The van der Waals surface area contributed by atoms with Gasteiger partial charge in [-0.25, -0.2) is 0 Å². The van der Waals surface area contributed by atoms with E-state index in [1.54, 1.807) is 20.8 Å². The summed E-state index contributed by atoms with van der Waals surface area (Å²) in [4.78, 5) is 49.2. The fraction of sp³-hybridized carbons (Fsp3) is 0.714. The average Bonchev–Trinajstić information content (AvgIpc) is 2.79. The Kier molecular flexibility index (Phi) is 8.15. The molecule has 0 saturated heterocycles. The number of carbonyl (C=O) groups is 4. The van der Waals surface area contributed by atoms with Crippen molar-refractivity contribution in [3.8, 4) is 0 Å². The molecule has 11 heteroatoms. The highest BCUT2D eigenvalue weighted by atomic mass is 16.6. The molecule has 39 heavy (non-hydrogen) atoms. The standard InChI is InChI=1S/C28H40O11/c1-12-19(33)11-21(37-15(4)30)27(9)22(12)23(38-16(5)31)18-10-20(36-14(3)29)13(2)28(35,26(18,7)8)24(34)25(27)39-17(6)32/h18-19,21-25,33-35H,1,10-11H2,2-9H3. The molecule has 0 aromatic carbocycles. The molecule has 9 atom stereocenters. The number of fused-ring (bicyclic) bond motifs is 3. The molecule has 0 aromatic rings. The second-order valence-corrected chi connectivity index (χ2v) is 11.8. The van der Waals surface area contributed by atoms with E-state index >= 15 is 0 Å². The van der Waals surface area contributed by atoms with Crippen molar-refractivity contribution in [2.75, 3.05) is 0 Å². The van der Waals surface area contributed by atoms with E-state index in [1.165, 1.54) is 27.7 Å². The summed E-state index contributed by atoms with van der Waals surface area (Å²) in [5, 5.41) is 35.6. The van der Waals surface area contributed by atoms with Crippen molar-refractivity contribution in [1.29, 1.82) is 0 Å². The number of carbonyl (C=O) groups excluding carboxylic acids is 4. The van der Waals surface area contributed by atoms with Crippen molar-refractivity contribution in [2.45, 2.75) is 104 Å². The Morgan fingerprint density at radius 3 is 1.92 bits per heavy atom. The fourth-order valence-corrected chi connectivity index (χ4v) is 7.23. The van der Waals surface area contributed by atoms with Gasteiger partial charge in [0.25, 0.3) is 0 Å². The van der Waals surface area contributed by atoms with Crippen LogP contribution in [0.2, 0.25) is 0 Å². The van der Waals surface area contributed by atoms with Gasteiger partial charge in [-0.1, -0.05) is 27.4 Å². The van der Waals surface area contributed by atoms with Gasteiger partial charge in [-0.2, -0.15) is 0 Å². The Morgan fingerprint density at radius 2 is 1.44 bits per heavy atom. The minimum atomic E-state index is -2.18. The zero-order chi connectivity index (χ0) is 29.8. The molecule has 2 fully saturated rings. The van der Waals surface area contributed by atoms with E-state index < -0.39 is 82.7 Å². The summed E-state index contributed by atoms with van der Waals surface area (Å²) in [5.41, 5.74) is -4.62. The van der Waals surface area contributed by atoms with E-state index in [-0.39, 0.29) is 29.7 Å². The van der Waals surface area contributed by atoms with Crippen LogP contribution in [-0.2, 0) is 38.1 Å². The lowest BCUT2D eigenvalue weighted by atomic mass is 9.45. The van der Waals surface area contributed by atoms with Crippen molar-refractivity contribution >= 4 is 23.9 Å². The molecule has 11 nitrogen and oxygen atoms in total. The number of hydrogen-bond acceptors (Lipinski definition) is 11. The summed E-state index contributed by atoms with van der Waals surface area (Å²) in [6.45, 7) is 15.3. The van der Waals surface area contributed by atoms with E-state index in [0.29, 0.717) is 0 Å². The Morgan fingerprint density at radius 1 is 0.897 bits per heavy atom. The van der Waals surface area contributed by atoms with Crippen molar-refractivity contribution in [1.82, 2.24) is 0 Å². The SMILES string of the molecule is C=C1C(O)CC(OC(C)=O)C2(C)C(OC(C)=O)C(O)C3(O)C(C)=C(OC(C)=O)CC(C(OC(C)=O)C12)C3(C)C. The van der Waals surface area contributed by atoms with Crippen molar-refractivity contribution in [3.63, 3.8) is 0 Å². The largest absolute Gasteiger partial charge is 0.462 e. The number of allylic oxidation sites excluding steroid dienone is 1. The van der Waals surface area contributed by atoms with Gasteiger partial charge in [0.2, 0.25) is 0 Å². The number of rotatable bonds is 4. The number of aliphatic hydroxyl groups is 3. The quantitative estimate of drug-likeness (QED) is 0.264. The van der Waals surface area contributed by atoms with Gasteiger partial charge in [0.1, 0.15) is 35.8 Å². The third-order valence-corrected chi connectivity index (χ3v) is 9.16. The summed E-state index contributed by atoms with van der Waals surface area (Å²) in [5.74, 6) is -4.57. The maximum absolute atomic E-state index is 12.5. The Hall–Kier alpha value is -2.76. The average molecular weight is 553 g/mol. The van der Waals surface area contributed by atoms with Gasteiger partial charge in [0, 0.05) is 57.8 Å². The van der Waals surface area contributed by atoms with Gasteiger partial charge in [-0.15, -0.1) is 0 Å². The van der Waals surface area contributed by atoms with Crippen LogP contribution in [0.5, 0.6) is 0 Å². The lowest BCUT2D eigenvalue weighted by Crippen LogP contribution is -2.74. The maximum Gasteiger partial charge on any atom is 0.307 e. The summed E-state index contributed by atoms with van der Waals surface area (Å²) < 4.78 is 22.8. The molecule has 2 bridgehead atoms. The molecule has 3 aliphatic rings. The molecule has 218 valence electrons. The maximum atomic E-state index is 12.5. The van der Waals surface area contributed by atoms with Crippen LogP contribution in [0.1, 0.15) is 68.2 Å². The van der Waals surface area contributed by atoms with Crippen molar-refractivity contribution < 1.29 is 53.4 Å². The summed E-state index contributed by atoms with van der Waals surface area (Å²) in [6.07, 6.45) is -6.98.